The third-order valence-corrected chi connectivity index (χ3v) is 3.95. The fraction of sp³-hybridized carbons (Fsp3) is 0.385. The van der Waals surface area contributed by atoms with Gasteiger partial charge in [-0.25, -0.2) is 0 Å². The highest BCUT2D eigenvalue weighted by atomic mass is 79.9. The first-order chi connectivity index (χ1) is 8.15. The number of halogens is 1. The maximum Gasteiger partial charge on any atom is 0.125 e. The summed E-state index contributed by atoms with van der Waals surface area (Å²) in [6.45, 7) is 5.14. The second-order valence-corrected chi connectivity index (χ2v) is 5.40. The Morgan fingerprint density at radius 3 is 2.82 bits per heavy atom. The standard InChI is InChI=1S/C13H14BrN3/c1-8-6-9(2)15-10(7-8)13-12(14)11-4-3-5-17(11)16-13/h6-7H,3-5H2,1-2H3. The van der Waals surface area contributed by atoms with Gasteiger partial charge in [0, 0.05) is 12.2 Å². The molecule has 3 nitrogen and oxygen atoms in total. The lowest BCUT2D eigenvalue weighted by molar-refractivity contribution is 0.658. The van der Waals surface area contributed by atoms with Gasteiger partial charge in [-0.1, -0.05) is 0 Å². The van der Waals surface area contributed by atoms with Crippen molar-refractivity contribution >= 4 is 15.9 Å². The molecule has 0 fully saturated rings. The van der Waals surface area contributed by atoms with Gasteiger partial charge in [0.05, 0.1) is 15.9 Å². The van der Waals surface area contributed by atoms with Crippen LogP contribution in [-0.4, -0.2) is 14.8 Å². The normalized spacial score (nSPS) is 14.1. The van der Waals surface area contributed by atoms with Crippen LogP contribution >= 0.6 is 15.9 Å². The fourth-order valence-corrected chi connectivity index (χ4v) is 3.11. The minimum absolute atomic E-state index is 0.969. The van der Waals surface area contributed by atoms with Crippen LogP contribution in [0.25, 0.3) is 11.4 Å². The van der Waals surface area contributed by atoms with E-state index >= 15 is 0 Å². The Morgan fingerprint density at radius 2 is 2.12 bits per heavy atom. The van der Waals surface area contributed by atoms with Gasteiger partial charge >= 0.3 is 0 Å². The lowest BCUT2D eigenvalue weighted by atomic mass is 10.1. The van der Waals surface area contributed by atoms with Gasteiger partial charge in [0.15, 0.2) is 0 Å². The van der Waals surface area contributed by atoms with Gasteiger partial charge in [-0.05, 0) is 60.3 Å². The molecule has 1 aliphatic heterocycles. The zero-order valence-electron chi connectivity index (χ0n) is 10.00. The molecule has 2 aromatic rings. The summed E-state index contributed by atoms with van der Waals surface area (Å²) in [7, 11) is 0. The highest BCUT2D eigenvalue weighted by molar-refractivity contribution is 9.10. The van der Waals surface area contributed by atoms with E-state index in [0.29, 0.717) is 0 Å². The largest absolute Gasteiger partial charge is 0.268 e. The van der Waals surface area contributed by atoms with Gasteiger partial charge in [-0.2, -0.15) is 5.10 Å². The zero-order chi connectivity index (χ0) is 12.0. The smallest absolute Gasteiger partial charge is 0.125 e. The predicted molar refractivity (Wildman–Crippen MR) is 71.0 cm³/mol. The summed E-state index contributed by atoms with van der Waals surface area (Å²) in [5, 5.41) is 4.65. The first kappa shape index (κ1) is 11.0. The van der Waals surface area contributed by atoms with Crippen molar-refractivity contribution in [2.45, 2.75) is 33.2 Å². The average Bonchev–Trinajstić information content (AvgIpc) is 2.80. The summed E-state index contributed by atoms with van der Waals surface area (Å²) in [6.07, 6.45) is 2.31. The van der Waals surface area contributed by atoms with Crippen molar-refractivity contribution in [2.75, 3.05) is 0 Å². The van der Waals surface area contributed by atoms with Crippen molar-refractivity contribution in [3.63, 3.8) is 0 Å². The molecule has 88 valence electrons. The van der Waals surface area contributed by atoms with Crippen LogP contribution in [0, 0.1) is 13.8 Å². The average molecular weight is 292 g/mol. The quantitative estimate of drug-likeness (QED) is 0.807. The number of fused-ring (bicyclic) bond motifs is 1. The minimum atomic E-state index is 0.969. The molecule has 17 heavy (non-hydrogen) atoms. The summed E-state index contributed by atoms with van der Waals surface area (Å²) < 4.78 is 3.21. The maximum absolute atomic E-state index is 4.65. The third kappa shape index (κ3) is 1.80. The molecule has 3 rings (SSSR count). The molecule has 0 aromatic carbocycles. The molecule has 0 saturated heterocycles. The van der Waals surface area contributed by atoms with Gasteiger partial charge < -0.3 is 0 Å². The summed E-state index contributed by atoms with van der Waals surface area (Å²) >= 11 is 3.66. The van der Waals surface area contributed by atoms with E-state index in [1.807, 2.05) is 6.92 Å². The second kappa shape index (κ2) is 3.95. The fourth-order valence-electron chi connectivity index (χ4n) is 2.42. The van der Waals surface area contributed by atoms with E-state index in [1.54, 1.807) is 0 Å². The molecule has 0 saturated carbocycles. The van der Waals surface area contributed by atoms with Gasteiger partial charge in [0.2, 0.25) is 0 Å². The maximum atomic E-state index is 4.65. The molecule has 1 aliphatic rings. The number of rotatable bonds is 1. The predicted octanol–water partition coefficient (Wildman–Crippen LogP) is 3.27. The van der Waals surface area contributed by atoms with E-state index < -0.39 is 0 Å². The van der Waals surface area contributed by atoms with E-state index in [-0.39, 0.29) is 0 Å². The number of hydrogen-bond acceptors (Lipinski definition) is 2. The molecule has 0 unspecified atom stereocenters. The first-order valence-corrected chi connectivity index (χ1v) is 6.65. The van der Waals surface area contributed by atoms with Gasteiger partial charge in [-0.15, -0.1) is 0 Å². The highest BCUT2D eigenvalue weighted by Gasteiger charge is 2.21. The van der Waals surface area contributed by atoms with Gasteiger partial charge in [-0.3, -0.25) is 9.67 Å². The summed E-state index contributed by atoms with van der Waals surface area (Å²) in [4.78, 5) is 4.57. The number of pyridine rings is 1. The van der Waals surface area contributed by atoms with Crippen LogP contribution < -0.4 is 0 Å². The Labute approximate surface area is 109 Å². The number of hydrogen-bond donors (Lipinski definition) is 0. The van der Waals surface area contributed by atoms with E-state index in [9.17, 15) is 0 Å². The molecule has 2 aromatic heterocycles. The Morgan fingerprint density at radius 1 is 1.29 bits per heavy atom. The molecular formula is C13H14BrN3. The number of nitrogens with zero attached hydrogens (tertiary/aromatic N) is 3. The monoisotopic (exact) mass is 291 g/mol. The van der Waals surface area contributed by atoms with Crippen LogP contribution in [0.15, 0.2) is 16.6 Å². The molecular weight excluding hydrogens is 278 g/mol. The summed E-state index contributed by atoms with van der Waals surface area (Å²) in [5.41, 5.74) is 5.52. The topological polar surface area (TPSA) is 30.7 Å². The van der Waals surface area contributed by atoms with Crippen LogP contribution in [-0.2, 0) is 13.0 Å². The zero-order valence-corrected chi connectivity index (χ0v) is 11.6. The molecule has 0 aliphatic carbocycles. The van der Waals surface area contributed by atoms with Crippen molar-refractivity contribution in [2.24, 2.45) is 0 Å². The van der Waals surface area contributed by atoms with E-state index in [4.69, 9.17) is 0 Å². The molecule has 0 amide bonds. The molecule has 0 bridgehead atoms. The molecule has 0 atom stereocenters. The van der Waals surface area contributed by atoms with E-state index in [0.717, 1.165) is 34.5 Å². The third-order valence-electron chi connectivity index (χ3n) is 3.12. The van der Waals surface area contributed by atoms with E-state index in [1.165, 1.54) is 17.7 Å². The second-order valence-electron chi connectivity index (χ2n) is 4.61. The Hall–Kier alpha value is -1.16. The van der Waals surface area contributed by atoms with Crippen molar-refractivity contribution in [3.05, 3.63) is 33.6 Å². The molecule has 0 N–H and O–H groups in total. The van der Waals surface area contributed by atoms with Crippen LogP contribution in [0.2, 0.25) is 0 Å². The Kier molecular flexibility index (Phi) is 2.54. The number of aryl methyl sites for hydroxylation is 3. The highest BCUT2D eigenvalue weighted by Crippen LogP contribution is 2.33. The van der Waals surface area contributed by atoms with Gasteiger partial charge in [0.25, 0.3) is 0 Å². The Balaban J connectivity index is 2.15. The lowest BCUT2D eigenvalue weighted by Gasteiger charge is -2.02. The van der Waals surface area contributed by atoms with Crippen LogP contribution in [0.5, 0.6) is 0 Å². The lowest BCUT2D eigenvalue weighted by Crippen LogP contribution is -1.95. The first-order valence-electron chi connectivity index (χ1n) is 5.86. The summed E-state index contributed by atoms with van der Waals surface area (Å²) in [6, 6.07) is 4.18. The van der Waals surface area contributed by atoms with Crippen LogP contribution in [0.3, 0.4) is 0 Å². The van der Waals surface area contributed by atoms with Crippen molar-refractivity contribution in [1.29, 1.82) is 0 Å². The molecule has 0 radical (unpaired) electrons. The van der Waals surface area contributed by atoms with Crippen molar-refractivity contribution in [3.8, 4) is 11.4 Å². The van der Waals surface area contributed by atoms with Crippen LogP contribution in [0.1, 0.15) is 23.4 Å². The van der Waals surface area contributed by atoms with Crippen molar-refractivity contribution < 1.29 is 0 Å². The molecule has 4 heteroatoms. The van der Waals surface area contributed by atoms with E-state index in [2.05, 4.69) is 49.8 Å². The minimum Gasteiger partial charge on any atom is -0.268 e. The SMILES string of the molecule is Cc1cc(C)nc(-c2nn3c(c2Br)CCC3)c1. The van der Waals surface area contributed by atoms with Crippen molar-refractivity contribution in [1.82, 2.24) is 14.8 Å². The summed E-state index contributed by atoms with van der Waals surface area (Å²) in [5.74, 6) is 0. The number of aromatic nitrogens is 3. The Bertz CT molecular complexity index is 566. The molecule has 3 heterocycles. The van der Waals surface area contributed by atoms with Gasteiger partial charge in [0.1, 0.15) is 5.69 Å². The van der Waals surface area contributed by atoms with Crippen LogP contribution in [0.4, 0.5) is 0 Å². The molecule has 0 spiro atoms.